The molecule has 4 aliphatic carbocycles. The van der Waals surface area contributed by atoms with Crippen LogP contribution in [0.4, 0.5) is 0 Å². The van der Waals surface area contributed by atoms with Crippen LogP contribution in [-0.4, -0.2) is 54.8 Å². The molecule has 7 nitrogen and oxygen atoms in total. The van der Waals surface area contributed by atoms with Gasteiger partial charge in [-0.1, -0.05) is 25.5 Å². The van der Waals surface area contributed by atoms with Crippen molar-refractivity contribution in [2.24, 2.45) is 28.6 Å². The first-order valence-electron chi connectivity index (χ1n) is 10.5. The third-order valence-electron chi connectivity index (χ3n) is 8.51. The van der Waals surface area contributed by atoms with Gasteiger partial charge in [0, 0.05) is 16.7 Å². The topological polar surface area (TPSA) is 118 Å². The molecule has 0 aliphatic heterocycles. The van der Waals surface area contributed by atoms with E-state index in [0.29, 0.717) is 6.42 Å². The molecule has 4 aliphatic rings. The van der Waals surface area contributed by atoms with Crippen LogP contribution in [-0.2, 0) is 23.9 Å². The Hall–Kier alpha value is -1.35. The van der Waals surface area contributed by atoms with Gasteiger partial charge in [-0.2, -0.15) is 8.42 Å². The van der Waals surface area contributed by atoms with Crippen molar-refractivity contribution in [3.63, 3.8) is 0 Å². The van der Waals surface area contributed by atoms with Gasteiger partial charge in [0.1, 0.15) is 12.2 Å². The van der Waals surface area contributed by atoms with Crippen LogP contribution in [0.15, 0.2) is 23.8 Å². The molecule has 0 radical (unpaired) electrons. The summed E-state index contributed by atoms with van der Waals surface area (Å²) in [7, 11) is -3.80. The lowest BCUT2D eigenvalue weighted by Crippen LogP contribution is -2.61. The number of hydrogen-bond donors (Lipinski definition) is 2. The minimum atomic E-state index is -3.80. The van der Waals surface area contributed by atoms with Crippen LogP contribution in [0.3, 0.4) is 0 Å². The number of ketones is 2. The highest BCUT2D eigenvalue weighted by Crippen LogP contribution is 2.67. The van der Waals surface area contributed by atoms with Gasteiger partial charge in [0.2, 0.25) is 0 Å². The van der Waals surface area contributed by atoms with E-state index in [9.17, 15) is 28.2 Å². The van der Waals surface area contributed by atoms with Crippen LogP contribution in [0, 0.1) is 28.6 Å². The maximum absolute atomic E-state index is 12.9. The Bertz CT molecular complexity index is 951. The molecule has 0 aromatic rings. The zero-order chi connectivity index (χ0) is 22.1. The molecule has 3 saturated carbocycles. The van der Waals surface area contributed by atoms with Gasteiger partial charge in [0.25, 0.3) is 10.1 Å². The second-order valence-corrected chi connectivity index (χ2v) is 11.6. The van der Waals surface area contributed by atoms with Gasteiger partial charge >= 0.3 is 0 Å². The molecule has 8 heteroatoms. The molecule has 6 unspecified atom stereocenters. The maximum atomic E-state index is 12.9. The molecule has 0 saturated heterocycles. The van der Waals surface area contributed by atoms with Crippen LogP contribution >= 0.6 is 0 Å². The fraction of sp³-hybridized carbons (Fsp3) is 0.727. The summed E-state index contributed by atoms with van der Waals surface area (Å²) in [5.41, 5.74) is -1.97. The summed E-state index contributed by atoms with van der Waals surface area (Å²) < 4.78 is 27.3. The molecule has 0 spiro atoms. The predicted octanol–water partition coefficient (Wildman–Crippen LogP) is 1.54. The van der Waals surface area contributed by atoms with Crippen molar-refractivity contribution in [2.45, 2.75) is 57.7 Å². The van der Waals surface area contributed by atoms with E-state index < -0.39 is 45.0 Å². The maximum Gasteiger partial charge on any atom is 0.264 e. The van der Waals surface area contributed by atoms with Gasteiger partial charge in [-0.3, -0.25) is 13.8 Å². The molecular weight excluding hydrogens is 408 g/mol. The van der Waals surface area contributed by atoms with Crippen LogP contribution in [0.5, 0.6) is 0 Å². The van der Waals surface area contributed by atoms with Crippen LogP contribution in [0.2, 0.25) is 0 Å². The second-order valence-electron chi connectivity index (χ2n) is 10.0. The van der Waals surface area contributed by atoms with Crippen molar-refractivity contribution in [3.05, 3.63) is 23.8 Å². The van der Waals surface area contributed by atoms with Crippen molar-refractivity contribution in [2.75, 3.05) is 12.9 Å². The lowest BCUT2D eigenvalue weighted by molar-refractivity contribution is -0.177. The first-order chi connectivity index (χ1) is 13.8. The van der Waals surface area contributed by atoms with Gasteiger partial charge in [0.05, 0.1) is 12.4 Å². The lowest BCUT2D eigenvalue weighted by atomic mass is 9.46. The summed E-state index contributed by atoms with van der Waals surface area (Å²) in [6.45, 7) is 3.21. The Kier molecular flexibility index (Phi) is 4.97. The SMILES string of the molecule is CC12C=CC(=O)C=C1CCC1C2C(O)CC2(C)C1CC[C@]2(O)C(=O)COS(C)(=O)=O. The highest BCUT2D eigenvalue weighted by Gasteiger charge is 2.68. The minimum Gasteiger partial charge on any atom is -0.393 e. The van der Waals surface area contributed by atoms with Gasteiger partial charge < -0.3 is 10.2 Å². The average Bonchev–Trinajstić information content (AvgIpc) is 2.91. The number of carbonyl (C=O) groups excluding carboxylic acids is 2. The normalized spacial score (nSPS) is 45.4. The number of Topliss-reactive ketones (excluding diaryl/α,β-unsaturated/α-hetero) is 1. The van der Waals surface area contributed by atoms with Crippen molar-refractivity contribution >= 4 is 21.7 Å². The molecule has 166 valence electrons. The standard InChI is InChI=1S/C22H30O7S/c1-20-8-6-14(23)10-13(20)4-5-15-16-7-9-22(26,18(25)12-29-30(3,27)28)21(16,2)11-17(24)19(15)20/h6,8,10,15-17,19,24,26H,4-5,7,9,11-12H2,1-3H3/t15?,16?,17?,19?,20?,21?,22-/m0/s1. The van der Waals surface area contributed by atoms with E-state index in [4.69, 9.17) is 0 Å². The highest BCUT2D eigenvalue weighted by molar-refractivity contribution is 7.86. The van der Waals surface area contributed by atoms with Crippen LogP contribution in [0.25, 0.3) is 0 Å². The molecule has 0 amide bonds. The van der Waals surface area contributed by atoms with E-state index >= 15 is 0 Å². The molecule has 0 heterocycles. The van der Waals surface area contributed by atoms with Gasteiger partial charge in [-0.15, -0.1) is 0 Å². The molecule has 2 N–H and O–H groups in total. The zero-order valence-corrected chi connectivity index (χ0v) is 18.4. The lowest BCUT2D eigenvalue weighted by Gasteiger charge is -2.59. The number of aliphatic hydroxyl groups excluding tert-OH is 1. The molecular formula is C22H30O7S. The van der Waals surface area contributed by atoms with Gasteiger partial charge in [-0.05, 0) is 56.1 Å². The number of aliphatic hydroxyl groups is 2. The van der Waals surface area contributed by atoms with Gasteiger partial charge in [0.15, 0.2) is 11.6 Å². The predicted molar refractivity (Wildman–Crippen MR) is 109 cm³/mol. The Morgan fingerprint density at radius 3 is 2.67 bits per heavy atom. The number of hydrogen-bond acceptors (Lipinski definition) is 7. The zero-order valence-electron chi connectivity index (χ0n) is 17.6. The Morgan fingerprint density at radius 2 is 2.00 bits per heavy atom. The van der Waals surface area contributed by atoms with Crippen molar-refractivity contribution < 1.29 is 32.4 Å². The van der Waals surface area contributed by atoms with Crippen molar-refractivity contribution in [3.8, 4) is 0 Å². The third-order valence-corrected chi connectivity index (χ3v) is 9.06. The smallest absolute Gasteiger partial charge is 0.264 e. The summed E-state index contributed by atoms with van der Waals surface area (Å²) in [4.78, 5) is 24.8. The van der Waals surface area contributed by atoms with E-state index in [2.05, 4.69) is 11.1 Å². The highest BCUT2D eigenvalue weighted by atomic mass is 32.2. The molecule has 7 atom stereocenters. The fourth-order valence-corrected chi connectivity index (χ4v) is 7.39. The summed E-state index contributed by atoms with van der Waals surface area (Å²) in [6, 6.07) is 0. The second kappa shape index (κ2) is 6.82. The monoisotopic (exact) mass is 438 g/mol. The number of carbonyl (C=O) groups is 2. The largest absolute Gasteiger partial charge is 0.393 e. The van der Waals surface area contributed by atoms with Crippen molar-refractivity contribution in [1.82, 2.24) is 0 Å². The number of allylic oxidation sites excluding steroid dienone is 4. The van der Waals surface area contributed by atoms with Crippen LogP contribution in [0.1, 0.15) is 46.0 Å². The minimum absolute atomic E-state index is 0.0162. The summed E-state index contributed by atoms with van der Waals surface area (Å²) in [5, 5.41) is 22.7. The fourth-order valence-electron chi connectivity index (χ4n) is 7.07. The average molecular weight is 439 g/mol. The van der Waals surface area contributed by atoms with Crippen molar-refractivity contribution in [1.29, 1.82) is 0 Å². The van der Waals surface area contributed by atoms with E-state index in [1.54, 1.807) is 12.2 Å². The molecule has 3 fully saturated rings. The Balaban J connectivity index is 1.66. The summed E-state index contributed by atoms with van der Waals surface area (Å²) >= 11 is 0. The van der Waals surface area contributed by atoms with E-state index in [0.717, 1.165) is 24.7 Å². The first-order valence-corrected chi connectivity index (χ1v) is 12.4. The van der Waals surface area contributed by atoms with E-state index in [1.165, 1.54) is 0 Å². The number of fused-ring (bicyclic) bond motifs is 5. The third kappa shape index (κ3) is 3.06. The van der Waals surface area contributed by atoms with E-state index in [1.807, 2.05) is 13.0 Å². The quantitative estimate of drug-likeness (QED) is 0.639. The molecule has 0 bridgehead atoms. The van der Waals surface area contributed by atoms with Gasteiger partial charge in [-0.25, -0.2) is 0 Å². The molecule has 0 aromatic carbocycles. The summed E-state index contributed by atoms with van der Waals surface area (Å²) in [5.74, 6) is -0.652. The number of rotatable bonds is 4. The first kappa shape index (κ1) is 21.9. The Morgan fingerprint density at radius 1 is 1.30 bits per heavy atom. The molecule has 0 aromatic heterocycles. The Labute approximate surface area is 177 Å². The summed E-state index contributed by atoms with van der Waals surface area (Å²) in [6.07, 6.45) is 7.92. The molecule has 4 rings (SSSR count). The van der Waals surface area contributed by atoms with Crippen LogP contribution < -0.4 is 0 Å². The molecule has 30 heavy (non-hydrogen) atoms. The van der Waals surface area contributed by atoms with E-state index in [-0.39, 0.29) is 36.4 Å².